The number of nitrogens with one attached hydrogen (secondary N) is 2. The molecule has 1 unspecified atom stereocenters. The summed E-state index contributed by atoms with van der Waals surface area (Å²) >= 11 is 0. The summed E-state index contributed by atoms with van der Waals surface area (Å²) in [6.45, 7) is 7.70. The van der Waals surface area contributed by atoms with E-state index in [2.05, 4.69) is 64.8 Å². The molecule has 7 nitrogen and oxygen atoms in total. The summed E-state index contributed by atoms with van der Waals surface area (Å²) in [5.41, 5.74) is 9.16. The fourth-order valence-electron chi connectivity index (χ4n) is 4.38. The van der Waals surface area contributed by atoms with Crippen molar-refractivity contribution in [1.82, 2.24) is 15.4 Å². The van der Waals surface area contributed by atoms with Crippen molar-refractivity contribution in [3.05, 3.63) is 41.5 Å². The number of hydrogen-bond acceptors (Lipinski definition) is 7. The van der Waals surface area contributed by atoms with E-state index < -0.39 is 0 Å². The molecule has 0 bridgehead atoms. The molecule has 4 heterocycles. The molecule has 2 aromatic rings. The Balaban J connectivity index is 1.51. The van der Waals surface area contributed by atoms with Crippen LogP contribution in [-0.4, -0.2) is 41.8 Å². The minimum Gasteiger partial charge on any atom is -0.372 e. The molecule has 3 aliphatic rings. The third-order valence-corrected chi connectivity index (χ3v) is 5.53. The molecule has 5 rings (SSSR count). The molecular formula is C20H26N6O. The first-order valence-corrected chi connectivity index (χ1v) is 9.80. The Morgan fingerprint density at radius 2 is 1.89 bits per heavy atom. The summed E-state index contributed by atoms with van der Waals surface area (Å²) in [6.07, 6.45) is 1.41. The van der Waals surface area contributed by atoms with Gasteiger partial charge in [-0.3, -0.25) is 0 Å². The van der Waals surface area contributed by atoms with Gasteiger partial charge in [0.25, 0.3) is 0 Å². The smallest absolute Gasteiger partial charge is 0.229 e. The van der Waals surface area contributed by atoms with Gasteiger partial charge in [-0.05, 0) is 25.8 Å². The molecule has 1 aromatic carbocycles. The molecular weight excluding hydrogens is 340 g/mol. The molecule has 3 atom stereocenters. The molecule has 7 heteroatoms. The number of nitrogens with zero attached hydrogens (tertiary/aromatic N) is 4. The summed E-state index contributed by atoms with van der Waals surface area (Å²) in [5, 5.41) is 0. The Kier molecular flexibility index (Phi) is 4.13. The van der Waals surface area contributed by atoms with E-state index in [9.17, 15) is 0 Å². The topological polar surface area (TPSA) is 65.6 Å². The second-order valence-corrected chi connectivity index (χ2v) is 7.79. The summed E-state index contributed by atoms with van der Waals surface area (Å²) in [7, 11) is 0. The largest absolute Gasteiger partial charge is 0.372 e. The van der Waals surface area contributed by atoms with Crippen molar-refractivity contribution in [1.29, 1.82) is 0 Å². The molecule has 0 spiro atoms. The van der Waals surface area contributed by atoms with Crippen LogP contribution in [0.4, 0.5) is 17.6 Å². The predicted molar refractivity (Wildman–Crippen MR) is 106 cm³/mol. The van der Waals surface area contributed by atoms with Crippen LogP contribution >= 0.6 is 0 Å². The standard InChI is InChI=1S/C20H26N6O/c1-13-10-26(11-14(2)27-13)20-21-18-17-16(23-24-18)8-9-25(19(17)22-20)12-15-6-4-3-5-7-15/h3-7,13-14,16,23H,8-12H2,1-2H3,(H,21,22,24)/t13-,14+,16?. The molecule has 3 aliphatic heterocycles. The maximum atomic E-state index is 5.88. The second kappa shape index (κ2) is 6.65. The Labute approximate surface area is 159 Å². The lowest BCUT2D eigenvalue weighted by atomic mass is 10.0. The van der Waals surface area contributed by atoms with Gasteiger partial charge in [-0.15, -0.1) is 0 Å². The van der Waals surface area contributed by atoms with E-state index in [-0.39, 0.29) is 12.2 Å². The number of anilines is 3. The van der Waals surface area contributed by atoms with Crippen molar-refractivity contribution in [2.75, 3.05) is 34.9 Å². The Bertz CT molecular complexity index is 819. The quantitative estimate of drug-likeness (QED) is 0.865. The van der Waals surface area contributed by atoms with Gasteiger partial charge in [0.1, 0.15) is 5.82 Å². The molecule has 2 N–H and O–H groups in total. The van der Waals surface area contributed by atoms with Crippen LogP contribution in [0.2, 0.25) is 0 Å². The van der Waals surface area contributed by atoms with Crippen molar-refractivity contribution < 1.29 is 4.74 Å². The number of benzene rings is 1. The van der Waals surface area contributed by atoms with Gasteiger partial charge in [0.05, 0.1) is 23.8 Å². The lowest BCUT2D eigenvalue weighted by Gasteiger charge is -2.37. The first kappa shape index (κ1) is 16.8. The van der Waals surface area contributed by atoms with E-state index in [0.29, 0.717) is 6.04 Å². The van der Waals surface area contributed by atoms with E-state index in [1.54, 1.807) is 0 Å². The number of hydrazine groups is 1. The van der Waals surface area contributed by atoms with E-state index in [0.717, 1.165) is 50.2 Å². The third-order valence-electron chi connectivity index (χ3n) is 5.53. The number of hydrogen-bond donors (Lipinski definition) is 2. The maximum absolute atomic E-state index is 5.88. The van der Waals surface area contributed by atoms with Crippen LogP contribution < -0.4 is 20.7 Å². The molecule has 1 fully saturated rings. The summed E-state index contributed by atoms with van der Waals surface area (Å²) in [6, 6.07) is 10.9. The SMILES string of the molecule is C[C@@H]1CN(c2nc3c4c(n2)N(Cc2ccccc2)CCC4NN3)C[C@H](C)O1. The van der Waals surface area contributed by atoms with Crippen molar-refractivity contribution in [3.63, 3.8) is 0 Å². The fraction of sp³-hybridized carbons (Fsp3) is 0.500. The zero-order chi connectivity index (χ0) is 18.4. The summed E-state index contributed by atoms with van der Waals surface area (Å²) in [5.74, 6) is 2.77. The molecule has 0 aliphatic carbocycles. The van der Waals surface area contributed by atoms with Crippen molar-refractivity contribution in [3.8, 4) is 0 Å². The van der Waals surface area contributed by atoms with Gasteiger partial charge in [0, 0.05) is 26.2 Å². The zero-order valence-electron chi connectivity index (χ0n) is 15.9. The molecule has 142 valence electrons. The van der Waals surface area contributed by atoms with E-state index in [4.69, 9.17) is 14.7 Å². The summed E-state index contributed by atoms with van der Waals surface area (Å²) < 4.78 is 5.88. The molecule has 1 saturated heterocycles. The van der Waals surface area contributed by atoms with Gasteiger partial charge in [0.15, 0.2) is 5.82 Å². The van der Waals surface area contributed by atoms with E-state index in [1.807, 2.05) is 0 Å². The third kappa shape index (κ3) is 3.11. The Morgan fingerprint density at radius 3 is 2.67 bits per heavy atom. The Morgan fingerprint density at radius 1 is 1.11 bits per heavy atom. The van der Waals surface area contributed by atoms with Gasteiger partial charge in [0.2, 0.25) is 5.95 Å². The van der Waals surface area contributed by atoms with Gasteiger partial charge in [-0.1, -0.05) is 30.3 Å². The van der Waals surface area contributed by atoms with Crippen LogP contribution in [0, 0.1) is 0 Å². The van der Waals surface area contributed by atoms with Crippen molar-refractivity contribution >= 4 is 17.6 Å². The number of ether oxygens (including phenoxy) is 1. The first-order chi connectivity index (χ1) is 13.2. The van der Waals surface area contributed by atoms with Gasteiger partial charge in [-0.2, -0.15) is 9.97 Å². The van der Waals surface area contributed by atoms with E-state index >= 15 is 0 Å². The highest BCUT2D eigenvalue weighted by atomic mass is 16.5. The van der Waals surface area contributed by atoms with Crippen molar-refractivity contribution in [2.24, 2.45) is 0 Å². The van der Waals surface area contributed by atoms with Crippen LogP contribution in [0.15, 0.2) is 30.3 Å². The fourth-order valence-corrected chi connectivity index (χ4v) is 4.38. The molecule has 1 aromatic heterocycles. The number of rotatable bonds is 3. The van der Waals surface area contributed by atoms with Crippen LogP contribution in [0.1, 0.15) is 37.4 Å². The molecule has 0 amide bonds. The van der Waals surface area contributed by atoms with Gasteiger partial charge in [-0.25, -0.2) is 5.43 Å². The van der Waals surface area contributed by atoms with Crippen LogP contribution in [0.3, 0.4) is 0 Å². The minimum atomic E-state index is 0.182. The predicted octanol–water partition coefficient (Wildman–Crippen LogP) is 2.47. The highest BCUT2D eigenvalue weighted by molar-refractivity contribution is 5.67. The minimum absolute atomic E-state index is 0.182. The van der Waals surface area contributed by atoms with Crippen LogP contribution in [0.5, 0.6) is 0 Å². The van der Waals surface area contributed by atoms with E-state index in [1.165, 1.54) is 11.1 Å². The highest BCUT2D eigenvalue weighted by Crippen LogP contribution is 2.41. The van der Waals surface area contributed by atoms with Crippen molar-refractivity contribution in [2.45, 2.75) is 45.1 Å². The zero-order valence-corrected chi connectivity index (χ0v) is 15.9. The lowest BCUT2D eigenvalue weighted by molar-refractivity contribution is -0.00571. The normalized spacial score (nSPS) is 26.7. The molecule has 27 heavy (non-hydrogen) atoms. The average Bonchev–Trinajstić information content (AvgIpc) is 3.08. The van der Waals surface area contributed by atoms with Crippen LogP contribution in [0.25, 0.3) is 0 Å². The van der Waals surface area contributed by atoms with Gasteiger partial charge < -0.3 is 20.0 Å². The monoisotopic (exact) mass is 366 g/mol. The Hall–Kier alpha value is -2.38. The second-order valence-electron chi connectivity index (χ2n) is 7.79. The lowest BCUT2D eigenvalue weighted by Crippen LogP contribution is -2.46. The molecule has 0 radical (unpaired) electrons. The first-order valence-electron chi connectivity index (χ1n) is 9.80. The summed E-state index contributed by atoms with van der Waals surface area (Å²) in [4.78, 5) is 14.5. The number of aromatic nitrogens is 2. The molecule has 0 saturated carbocycles. The van der Waals surface area contributed by atoms with Crippen LogP contribution in [-0.2, 0) is 11.3 Å². The number of morpholine rings is 1. The average molecular weight is 366 g/mol. The highest BCUT2D eigenvalue weighted by Gasteiger charge is 2.36. The van der Waals surface area contributed by atoms with Gasteiger partial charge >= 0.3 is 0 Å². The maximum Gasteiger partial charge on any atom is 0.229 e.